The van der Waals surface area contributed by atoms with E-state index >= 15 is 0 Å². The van der Waals surface area contributed by atoms with Crippen molar-refractivity contribution < 1.29 is 9.53 Å². The second kappa shape index (κ2) is 10.2. The van der Waals surface area contributed by atoms with Gasteiger partial charge in [0.05, 0.1) is 10.9 Å². The average molecular weight is 480 g/mol. The summed E-state index contributed by atoms with van der Waals surface area (Å²) < 4.78 is 8.03. The van der Waals surface area contributed by atoms with Crippen LogP contribution in [0.4, 0.5) is 5.13 Å². The van der Waals surface area contributed by atoms with E-state index in [4.69, 9.17) is 4.74 Å². The first-order chi connectivity index (χ1) is 16.0. The molecular weight excluding hydrogens is 454 g/mol. The molecule has 4 aromatic rings. The van der Waals surface area contributed by atoms with Crippen LogP contribution in [0.5, 0.6) is 5.75 Å². The number of aromatic nitrogens is 4. The van der Waals surface area contributed by atoms with Crippen LogP contribution in [0.1, 0.15) is 24.0 Å². The number of anilines is 1. The lowest BCUT2D eigenvalue weighted by Gasteiger charge is -2.13. The Hall–Kier alpha value is -3.17. The zero-order valence-corrected chi connectivity index (χ0v) is 20.4. The molecule has 9 heteroatoms. The van der Waals surface area contributed by atoms with E-state index in [1.807, 2.05) is 42.0 Å². The molecule has 4 rings (SSSR count). The van der Waals surface area contributed by atoms with Gasteiger partial charge in [0.2, 0.25) is 5.91 Å². The van der Waals surface area contributed by atoms with Gasteiger partial charge in [-0.3, -0.25) is 9.36 Å². The van der Waals surface area contributed by atoms with Crippen molar-refractivity contribution in [2.24, 2.45) is 0 Å². The average Bonchev–Trinajstić information content (AvgIpc) is 3.39. The van der Waals surface area contributed by atoms with Crippen molar-refractivity contribution in [1.29, 1.82) is 0 Å². The molecule has 1 N–H and O–H groups in total. The minimum Gasteiger partial charge on any atom is -0.485 e. The molecule has 2 heterocycles. The highest BCUT2D eigenvalue weighted by Gasteiger charge is 2.21. The maximum atomic E-state index is 12.6. The summed E-state index contributed by atoms with van der Waals surface area (Å²) in [6.07, 6.45) is 1.78. The Morgan fingerprint density at radius 3 is 2.85 bits per heavy atom. The molecule has 0 saturated carbocycles. The van der Waals surface area contributed by atoms with Crippen molar-refractivity contribution in [3.63, 3.8) is 0 Å². The van der Waals surface area contributed by atoms with Crippen LogP contribution in [0.2, 0.25) is 0 Å². The molecule has 7 nitrogen and oxygen atoms in total. The smallest absolute Gasteiger partial charge is 0.239 e. The Balaban J connectivity index is 1.46. The van der Waals surface area contributed by atoms with Crippen molar-refractivity contribution in [3.05, 3.63) is 71.5 Å². The van der Waals surface area contributed by atoms with Gasteiger partial charge in [0, 0.05) is 11.9 Å². The molecule has 0 bridgehead atoms. The number of ether oxygens (including phenoxy) is 1. The quantitative estimate of drug-likeness (QED) is 0.256. The van der Waals surface area contributed by atoms with Gasteiger partial charge in [-0.15, -0.1) is 28.1 Å². The van der Waals surface area contributed by atoms with Crippen LogP contribution in [-0.2, 0) is 17.9 Å². The predicted octanol–water partition coefficient (Wildman–Crippen LogP) is 5.39. The number of hydrogen-bond donors (Lipinski definition) is 1. The SMILES string of the molecule is C=CCn1c(COc2ccc3ccccc3c2C)nnc1S[C@H](C)C(=O)Nc1nc(C)cs1. The topological polar surface area (TPSA) is 81.9 Å². The van der Waals surface area contributed by atoms with E-state index in [2.05, 4.69) is 52.2 Å². The minimum absolute atomic E-state index is 0.132. The fourth-order valence-electron chi connectivity index (χ4n) is 3.36. The first kappa shape index (κ1) is 23.0. The summed E-state index contributed by atoms with van der Waals surface area (Å²) in [5.41, 5.74) is 1.97. The second-order valence-corrected chi connectivity index (χ2v) is 9.71. The number of thioether (sulfide) groups is 1. The third kappa shape index (κ3) is 5.26. The number of aryl methyl sites for hydroxylation is 2. The Kier molecular flexibility index (Phi) is 7.10. The minimum atomic E-state index is -0.376. The normalized spacial score (nSPS) is 12.0. The van der Waals surface area contributed by atoms with E-state index < -0.39 is 0 Å². The lowest BCUT2D eigenvalue weighted by atomic mass is 10.0. The maximum absolute atomic E-state index is 12.6. The summed E-state index contributed by atoms with van der Waals surface area (Å²) in [4.78, 5) is 16.9. The van der Waals surface area contributed by atoms with Crippen LogP contribution in [0.25, 0.3) is 10.8 Å². The molecule has 0 aliphatic carbocycles. The third-order valence-corrected chi connectivity index (χ3v) is 7.07. The maximum Gasteiger partial charge on any atom is 0.239 e. The lowest BCUT2D eigenvalue weighted by molar-refractivity contribution is -0.115. The number of fused-ring (bicyclic) bond motifs is 1. The van der Waals surface area contributed by atoms with E-state index in [1.165, 1.54) is 28.5 Å². The highest BCUT2D eigenvalue weighted by Crippen LogP contribution is 2.29. The number of benzene rings is 2. The molecule has 0 aliphatic heterocycles. The van der Waals surface area contributed by atoms with Gasteiger partial charge in [0.15, 0.2) is 16.1 Å². The molecule has 0 unspecified atom stereocenters. The van der Waals surface area contributed by atoms with Gasteiger partial charge in [0.25, 0.3) is 0 Å². The van der Waals surface area contributed by atoms with Crippen molar-refractivity contribution in [2.45, 2.75) is 44.3 Å². The van der Waals surface area contributed by atoms with Gasteiger partial charge in [-0.2, -0.15) is 0 Å². The standard InChI is InChI=1S/C24H25N5O2S2/c1-5-12-29-21(13-31-20-11-10-18-8-6-7-9-19(18)16(20)3)27-28-24(29)33-17(4)22(30)26-23-25-15(2)14-32-23/h5-11,14,17H,1,12-13H2,2-4H3,(H,25,26,30)/t17-/m1/s1. The van der Waals surface area contributed by atoms with Crippen molar-refractivity contribution >= 4 is 44.9 Å². The van der Waals surface area contributed by atoms with E-state index in [1.54, 1.807) is 6.08 Å². The largest absolute Gasteiger partial charge is 0.485 e. The fraction of sp³-hybridized carbons (Fsp3) is 0.250. The Labute approximate surface area is 200 Å². The van der Waals surface area contributed by atoms with E-state index in [0.29, 0.717) is 22.7 Å². The van der Waals surface area contributed by atoms with Gasteiger partial charge in [0.1, 0.15) is 12.4 Å². The molecule has 1 atom stereocenters. The Morgan fingerprint density at radius 1 is 1.27 bits per heavy atom. The molecular formula is C24H25N5O2S2. The van der Waals surface area contributed by atoms with Crippen molar-refractivity contribution in [1.82, 2.24) is 19.7 Å². The van der Waals surface area contributed by atoms with Gasteiger partial charge in [-0.25, -0.2) is 4.98 Å². The number of amides is 1. The molecule has 2 aromatic heterocycles. The number of carbonyl (C=O) groups excluding carboxylic acids is 1. The van der Waals surface area contributed by atoms with Crippen LogP contribution in [0.3, 0.4) is 0 Å². The number of thiazole rings is 1. The van der Waals surface area contributed by atoms with Crippen LogP contribution < -0.4 is 10.1 Å². The highest BCUT2D eigenvalue weighted by atomic mass is 32.2. The summed E-state index contributed by atoms with van der Waals surface area (Å²) in [5.74, 6) is 1.35. The predicted molar refractivity (Wildman–Crippen MR) is 134 cm³/mol. The zero-order chi connectivity index (χ0) is 23.4. The summed E-state index contributed by atoms with van der Waals surface area (Å²) >= 11 is 2.75. The monoisotopic (exact) mass is 479 g/mol. The number of nitrogens with zero attached hydrogens (tertiary/aromatic N) is 4. The summed E-state index contributed by atoms with van der Waals surface area (Å²) in [6, 6.07) is 12.3. The number of rotatable bonds is 9. The van der Waals surface area contributed by atoms with Crippen molar-refractivity contribution in [3.8, 4) is 5.75 Å². The van der Waals surface area contributed by atoms with E-state index in [9.17, 15) is 4.79 Å². The number of carbonyl (C=O) groups is 1. The molecule has 33 heavy (non-hydrogen) atoms. The summed E-state index contributed by atoms with van der Waals surface area (Å²) in [5, 5.41) is 16.6. The zero-order valence-electron chi connectivity index (χ0n) is 18.7. The number of nitrogens with one attached hydrogen (secondary N) is 1. The van der Waals surface area contributed by atoms with Crippen LogP contribution in [-0.4, -0.2) is 30.9 Å². The third-order valence-electron chi connectivity index (χ3n) is 5.11. The van der Waals surface area contributed by atoms with Crippen LogP contribution >= 0.6 is 23.1 Å². The fourth-order valence-corrected chi connectivity index (χ4v) is 4.93. The van der Waals surface area contributed by atoms with Crippen molar-refractivity contribution in [2.75, 3.05) is 5.32 Å². The van der Waals surface area contributed by atoms with Crippen LogP contribution in [0.15, 0.2) is 59.6 Å². The molecule has 0 saturated heterocycles. The first-order valence-electron chi connectivity index (χ1n) is 10.5. The Bertz CT molecular complexity index is 1300. The first-order valence-corrected chi connectivity index (χ1v) is 12.3. The second-order valence-electron chi connectivity index (χ2n) is 7.54. The van der Waals surface area contributed by atoms with E-state index in [0.717, 1.165) is 22.4 Å². The molecule has 0 radical (unpaired) electrons. The Morgan fingerprint density at radius 2 is 2.09 bits per heavy atom. The molecule has 0 spiro atoms. The van der Waals surface area contributed by atoms with Crippen LogP contribution in [0, 0.1) is 13.8 Å². The van der Waals surface area contributed by atoms with Gasteiger partial charge in [-0.05, 0) is 43.2 Å². The number of allylic oxidation sites excluding steroid dienone is 1. The highest BCUT2D eigenvalue weighted by molar-refractivity contribution is 8.00. The van der Waals surface area contributed by atoms with Gasteiger partial charge >= 0.3 is 0 Å². The molecule has 0 fully saturated rings. The molecule has 0 aliphatic rings. The molecule has 170 valence electrons. The molecule has 2 aromatic carbocycles. The molecule has 1 amide bonds. The lowest BCUT2D eigenvalue weighted by Crippen LogP contribution is -2.23. The van der Waals surface area contributed by atoms with E-state index in [-0.39, 0.29) is 17.8 Å². The summed E-state index contributed by atoms with van der Waals surface area (Å²) in [6.45, 7) is 10.4. The van der Waals surface area contributed by atoms with Gasteiger partial charge in [-0.1, -0.05) is 48.2 Å². The number of hydrogen-bond acceptors (Lipinski definition) is 7. The summed E-state index contributed by atoms with van der Waals surface area (Å²) in [7, 11) is 0. The van der Waals surface area contributed by atoms with Gasteiger partial charge < -0.3 is 10.1 Å².